The van der Waals surface area contributed by atoms with Gasteiger partial charge in [-0.2, -0.15) is 9.64 Å². The van der Waals surface area contributed by atoms with Gasteiger partial charge >= 0.3 is 0 Å². The molecule has 1 saturated carbocycles. The van der Waals surface area contributed by atoms with Crippen LogP contribution in [0.15, 0.2) is 84.1 Å². The number of methoxy groups -OCH3 is 2. The number of halogens is 1. The van der Waals surface area contributed by atoms with Crippen LogP contribution in [0, 0.1) is 14.9 Å². The lowest BCUT2D eigenvalue weighted by Crippen LogP contribution is -2.30. The number of ether oxygens (including phenoxy) is 4. The normalized spacial score (nSPS) is 12.9. The Bertz CT molecular complexity index is 2050. The number of aromatic nitrogens is 3. The number of nitriles is 1. The number of pyridine rings is 1. The van der Waals surface area contributed by atoms with E-state index in [-0.39, 0.29) is 34.0 Å². The molecule has 14 heteroatoms. The summed E-state index contributed by atoms with van der Waals surface area (Å²) in [5.74, 6) is 2.23. The minimum atomic E-state index is -4.23. The molecule has 1 aliphatic rings. The van der Waals surface area contributed by atoms with Gasteiger partial charge in [-0.3, -0.25) is 0 Å². The van der Waals surface area contributed by atoms with Crippen molar-refractivity contribution in [2.24, 2.45) is 0 Å². The van der Waals surface area contributed by atoms with Crippen molar-refractivity contribution in [1.29, 1.82) is 5.26 Å². The van der Waals surface area contributed by atoms with Crippen LogP contribution in [0.3, 0.4) is 0 Å². The molecule has 0 saturated heterocycles. The topological polar surface area (TPSA) is 137 Å². The van der Waals surface area contributed by atoms with E-state index in [2.05, 4.69) is 43.0 Å². The third-order valence-corrected chi connectivity index (χ3v) is 10.8. The molecule has 0 spiro atoms. The third kappa shape index (κ3) is 7.11. The predicted octanol–water partition coefficient (Wildman–Crippen LogP) is 7.21. The summed E-state index contributed by atoms with van der Waals surface area (Å²) in [6, 6.07) is 20.8. The summed E-state index contributed by atoms with van der Waals surface area (Å²) in [6.07, 6.45) is 6.34. The zero-order valence-electron chi connectivity index (χ0n) is 25.3. The second kappa shape index (κ2) is 14.1. The van der Waals surface area contributed by atoms with Crippen LogP contribution in [-0.4, -0.2) is 43.1 Å². The van der Waals surface area contributed by atoms with Gasteiger partial charge in [0.25, 0.3) is 10.0 Å². The van der Waals surface area contributed by atoms with E-state index in [9.17, 15) is 13.7 Å². The van der Waals surface area contributed by atoms with Gasteiger partial charge in [-0.25, -0.2) is 22.7 Å². The number of hydrogen-bond acceptors (Lipinski definition) is 11. The largest absolute Gasteiger partial charge is 0.497 e. The number of anilines is 1. The van der Waals surface area contributed by atoms with E-state index in [1.165, 1.54) is 38.7 Å². The summed E-state index contributed by atoms with van der Waals surface area (Å²) in [5.41, 5.74) is 2.23. The van der Waals surface area contributed by atoms with E-state index < -0.39 is 10.0 Å². The fraction of sp³-hybridized carbons (Fsp3) is 0.212. The minimum absolute atomic E-state index is 0.0403. The van der Waals surface area contributed by atoms with Crippen molar-refractivity contribution >= 4 is 49.3 Å². The first-order valence-electron chi connectivity index (χ1n) is 14.4. The Morgan fingerprint density at radius 2 is 1.81 bits per heavy atom. The van der Waals surface area contributed by atoms with E-state index in [1.807, 2.05) is 30.3 Å². The standard InChI is InChI=1S/C33H28IN5O6S2/c1-42-26-8-6-22(31(17-26)43-2)19-39(33-37-20-38-46-33)47(40,41)27-9-11-29(23(14-27)18-35)45-30-10-7-24(34)16-28(30)21-12-13-36-32(15-21)44-25-4-3-5-25/h6-17,20,25H,3-5,19H2,1-2H3. The van der Waals surface area contributed by atoms with Crippen LogP contribution in [0.5, 0.6) is 28.9 Å². The van der Waals surface area contributed by atoms with Gasteiger partial charge in [0.05, 0.1) is 31.2 Å². The van der Waals surface area contributed by atoms with Crippen LogP contribution in [0.25, 0.3) is 11.1 Å². The zero-order chi connectivity index (χ0) is 33.0. The first kappa shape index (κ1) is 32.5. The van der Waals surface area contributed by atoms with Gasteiger partial charge in [0, 0.05) is 44.6 Å². The van der Waals surface area contributed by atoms with Crippen molar-refractivity contribution < 1.29 is 27.4 Å². The first-order valence-corrected chi connectivity index (χ1v) is 17.7. The molecule has 0 unspecified atom stereocenters. The molecule has 0 aliphatic heterocycles. The molecule has 0 amide bonds. The number of hydrogen-bond donors (Lipinski definition) is 0. The average molecular weight is 782 g/mol. The Labute approximate surface area is 290 Å². The highest BCUT2D eigenvalue weighted by Gasteiger charge is 2.30. The second-order valence-electron chi connectivity index (χ2n) is 10.5. The summed E-state index contributed by atoms with van der Waals surface area (Å²) in [6.45, 7) is -0.102. The lowest BCUT2D eigenvalue weighted by Gasteiger charge is -2.25. The minimum Gasteiger partial charge on any atom is -0.497 e. The van der Waals surface area contributed by atoms with Gasteiger partial charge in [0.1, 0.15) is 41.5 Å². The van der Waals surface area contributed by atoms with Crippen molar-refractivity contribution in [3.8, 4) is 46.1 Å². The van der Waals surface area contributed by atoms with Crippen LogP contribution in [0.1, 0.15) is 30.4 Å². The Morgan fingerprint density at radius 1 is 0.979 bits per heavy atom. The van der Waals surface area contributed by atoms with Gasteiger partial charge in [0.15, 0.2) is 0 Å². The van der Waals surface area contributed by atoms with E-state index in [0.29, 0.717) is 28.7 Å². The molecular formula is C33H28IN5O6S2. The van der Waals surface area contributed by atoms with Crippen molar-refractivity contribution in [2.45, 2.75) is 36.8 Å². The molecule has 0 bridgehead atoms. The summed E-state index contributed by atoms with van der Waals surface area (Å²) >= 11 is 3.16. The lowest BCUT2D eigenvalue weighted by atomic mass is 9.96. The summed E-state index contributed by atoms with van der Waals surface area (Å²) in [7, 11) is -1.20. The summed E-state index contributed by atoms with van der Waals surface area (Å²) in [5, 5.41) is 10.3. The highest BCUT2D eigenvalue weighted by atomic mass is 127. The first-order chi connectivity index (χ1) is 22.8. The van der Waals surface area contributed by atoms with Gasteiger partial charge in [-0.1, -0.05) is 0 Å². The molecule has 240 valence electrons. The van der Waals surface area contributed by atoms with Crippen LogP contribution < -0.4 is 23.3 Å². The number of sulfonamides is 1. The molecule has 2 heterocycles. The predicted molar refractivity (Wildman–Crippen MR) is 185 cm³/mol. The molecule has 0 atom stereocenters. The molecule has 5 aromatic rings. The molecule has 0 radical (unpaired) electrons. The summed E-state index contributed by atoms with van der Waals surface area (Å²) < 4.78 is 57.5. The Kier molecular flexibility index (Phi) is 9.76. The van der Waals surface area contributed by atoms with Gasteiger partial charge in [0.2, 0.25) is 11.0 Å². The molecular weight excluding hydrogens is 753 g/mol. The van der Waals surface area contributed by atoms with Gasteiger partial charge < -0.3 is 18.9 Å². The molecule has 1 fully saturated rings. The molecule has 0 N–H and O–H groups in total. The van der Waals surface area contributed by atoms with Crippen molar-refractivity contribution in [2.75, 3.05) is 18.5 Å². The highest BCUT2D eigenvalue weighted by Crippen LogP contribution is 2.38. The van der Waals surface area contributed by atoms with Crippen molar-refractivity contribution in [3.05, 3.63) is 94.0 Å². The molecule has 6 rings (SSSR count). The highest BCUT2D eigenvalue weighted by molar-refractivity contribution is 14.1. The Balaban J connectivity index is 1.32. The molecule has 3 aromatic carbocycles. The fourth-order valence-electron chi connectivity index (χ4n) is 4.88. The maximum absolute atomic E-state index is 14.1. The molecule has 47 heavy (non-hydrogen) atoms. The van der Waals surface area contributed by atoms with Crippen molar-refractivity contribution in [3.63, 3.8) is 0 Å². The quantitative estimate of drug-likeness (QED) is 0.120. The van der Waals surface area contributed by atoms with Gasteiger partial charge in [-0.15, -0.1) is 0 Å². The van der Waals surface area contributed by atoms with E-state index in [1.54, 1.807) is 24.4 Å². The average Bonchev–Trinajstić information content (AvgIpc) is 3.61. The summed E-state index contributed by atoms with van der Waals surface area (Å²) in [4.78, 5) is 8.43. The monoisotopic (exact) mass is 781 g/mol. The van der Waals surface area contributed by atoms with Crippen molar-refractivity contribution in [1.82, 2.24) is 14.3 Å². The molecule has 1 aliphatic carbocycles. The number of rotatable bonds is 12. The van der Waals surface area contributed by atoms with Crippen LogP contribution in [0.4, 0.5) is 5.13 Å². The zero-order valence-corrected chi connectivity index (χ0v) is 29.1. The van der Waals surface area contributed by atoms with E-state index >= 15 is 0 Å². The maximum Gasteiger partial charge on any atom is 0.266 e. The number of nitrogens with zero attached hydrogens (tertiary/aromatic N) is 5. The Morgan fingerprint density at radius 3 is 2.51 bits per heavy atom. The Hall–Kier alpha value is -4.46. The fourth-order valence-corrected chi connectivity index (χ4v) is 7.53. The van der Waals surface area contributed by atoms with E-state index in [0.717, 1.165) is 49.8 Å². The van der Waals surface area contributed by atoms with Crippen LogP contribution in [0.2, 0.25) is 0 Å². The van der Waals surface area contributed by atoms with Crippen LogP contribution >= 0.6 is 34.1 Å². The second-order valence-corrected chi connectivity index (χ2v) is 14.3. The smallest absolute Gasteiger partial charge is 0.266 e. The maximum atomic E-state index is 14.1. The van der Waals surface area contributed by atoms with Crippen LogP contribution in [-0.2, 0) is 16.6 Å². The van der Waals surface area contributed by atoms with E-state index in [4.69, 9.17) is 18.9 Å². The number of benzene rings is 3. The third-order valence-electron chi connectivity index (χ3n) is 7.58. The molecule has 11 nitrogen and oxygen atoms in total. The lowest BCUT2D eigenvalue weighted by molar-refractivity contribution is 0.115. The SMILES string of the molecule is COc1ccc(CN(c2ncns2)S(=O)(=O)c2ccc(Oc3ccc(I)cc3-c3ccnc(OC4CCC4)c3)c(C#N)c2)c(OC)c1. The molecule has 2 aromatic heterocycles. The van der Waals surface area contributed by atoms with Gasteiger partial charge in [-0.05, 0) is 102 Å².